The quantitative estimate of drug-likeness (QED) is 0.1000. The van der Waals surface area contributed by atoms with Crippen LogP contribution in [-0.2, 0) is 40.0 Å². The average molecular weight is 594 g/mol. The molecular weight excluding hydrogens is 554 g/mol. The van der Waals surface area contributed by atoms with E-state index in [1.165, 1.54) is 0 Å². The van der Waals surface area contributed by atoms with Crippen molar-refractivity contribution in [1.82, 2.24) is 20.9 Å². The van der Waals surface area contributed by atoms with Crippen LogP contribution in [0.4, 0.5) is 0 Å². The number of nitrogens with zero attached hydrogens (tertiary/aromatic N) is 1. The van der Waals surface area contributed by atoms with Crippen LogP contribution in [0.5, 0.6) is 0 Å². The van der Waals surface area contributed by atoms with Crippen molar-refractivity contribution in [2.24, 2.45) is 5.73 Å². The number of carbonyl (C=O) groups excluding carboxylic acids is 6. The second kappa shape index (κ2) is 18.0. The van der Waals surface area contributed by atoms with Gasteiger partial charge in [-0.2, -0.15) is 0 Å². The Labute approximate surface area is 243 Å². The van der Waals surface area contributed by atoms with Gasteiger partial charge < -0.3 is 31.5 Å². The molecule has 1 saturated heterocycles. The van der Waals surface area contributed by atoms with Gasteiger partial charge in [0, 0.05) is 51.1 Å². The number of benzene rings is 1. The number of ether oxygens (including phenoxy) is 1. The summed E-state index contributed by atoms with van der Waals surface area (Å²) in [4.78, 5) is 73.3. The van der Waals surface area contributed by atoms with Gasteiger partial charge in [-0.1, -0.05) is 29.8 Å². The highest BCUT2D eigenvalue weighted by molar-refractivity contribution is 8.00. The Morgan fingerprint density at radius 2 is 1.76 bits per heavy atom. The Bertz CT molecular complexity index is 1070. The van der Waals surface area contributed by atoms with Crippen LogP contribution in [-0.4, -0.2) is 95.4 Å². The maximum atomic E-state index is 12.6. The smallest absolute Gasteiger partial charge is 0.242 e. The molecule has 0 radical (unpaired) electrons. The lowest BCUT2D eigenvalue weighted by atomic mass is 10.1. The van der Waals surface area contributed by atoms with E-state index in [0.29, 0.717) is 6.54 Å². The first-order valence-electron chi connectivity index (χ1n) is 13.4. The van der Waals surface area contributed by atoms with E-state index in [9.17, 15) is 28.8 Å². The van der Waals surface area contributed by atoms with Crippen molar-refractivity contribution in [3.63, 3.8) is 0 Å². The number of likely N-dealkylation sites (tertiary alicyclic amines) is 1. The van der Waals surface area contributed by atoms with E-state index in [4.69, 9.17) is 15.6 Å². The van der Waals surface area contributed by atoms with Crippen molar-refractivity contribution < 1.29 is 38.6 Å². The number of imide groups is 1. The number of aliphatic hydroxyl groups is 1. The van der Waals surface area contributed by atoms with Gasteiger partial charge in [0.25, 0.3) is 0 Å². The molecule has 6 N–H and O–H groups in total. The van der Waals surface area contributed by atoms with E-state index in [1.54, 1.807) is 0 Å². The Balaban J connectivity index is 1.56. The second-order valence-electron chi connectivity index (χ2n) is 9.48. The van der Waals surface area contributed by atoms with E-state index in [1.807, 2.05) is 31.2 Å². The molecule has 2 rings (SSSR count). The van der Waals surface area contributed by atoms with Crippen molar-refractivity contribution in [2.75, 3.05) is 38.7 Å². The summed E-state index contributed by atoms with van der Waals surface area (Å²) >= 11 is 1.05. The number of rotatable bonds is 19. The first-order valence-corrected chi connectivity index (χ1v) is 14.5. The number of carbonyl (C=O) groups is 6. The van der Waals surface area contributed by atoms with Crippen LogP contribution in [0.25, 0.3) is 0 Å². The van der Waals surface area contributed by atoms with Crippen LogP contribution in [0.2, 0.25) is 0 Å². The maximum Gasteiger partial charge on any atom is 0.242 e. The maximum absolute atomic E-state index is 12.6. The average Bonchev–Trinajstić information content (AvgIpc) is 3.20. The zero-order chi connectivity index (χ0) is 30.2. The van der Waals surface area contributed by atoms with E-state index in [-0.39, 0.29) is 88.5 Å². The zero-order valence-electron chi connectivity index (χ0n) is 23.2. The third-order valence-corrected chi connectivity index (χ3v) is 7.42. The van der Waals surface area contributed by atoms with E-state index >= 15 is 0 Å². The first kappa shape index (κ1) is 33.7. The molecule has 14 heteroatoms. The van der Waals surface area contributed by atoms with E-state index in [0.717, 1.165) is 27.8 Å². The normalized spacial score (nSPS) is 15.5. The zero-order valence-corrected chi connectivity index (χ0v) is 24.0. The molecule has 41 heavy (non-hydrogen) atoms. The third-order valence-electron chi connectivity index (χ3n) is 6.12. The van der Waals surface area contributed by atoms with Crippen molar-refractivity contribution in [3.05, 3.63) is 35.4 Å². The van der Waals surface area contributed by atoms with Gasteiger partial charge in [-0.15, -0.1) is 11.8 Å². The largest absolute Gasteiger partial charge is 0.396 e. The topological polar surface area (TPSA) is 197 Å². The van der Waals surface area contributed by atoms with Gasteiger partial charge in [0.1, 0.15) is 6.04 Å². The van der Waals surface area contributed by atoms with Crippen LogP contribution in [0.15, 0.2) is 24.3 Å². The Hall–Kier alpha value is -3.49. The molecule has 1 aromatic rings. The van der Waals surface area contributed by atoms with Gasteiger partial charge in [-0.05, 0) is 18.9 Å². The molecule has 6 amide bonds. The fourth-order valence-electron chi connectivity index (χ4n) is 3.80. The number of aliphatic hydroxyl groups excluding tert-OH is 1. The van der Waals surface area contributed by atoms with Gasteiger partial charge in [0.2, 0.25) is 35.4 Å². The lowest BCUT2D eigenvalue weighted by Gasteiger charge is -2.17. The molecule has 1 aliphatic heterocycles. The van der Waals surface area contributed by atoms with Gasteiger partial charge in [0.05, 0.1) is 25.1 Å². The molecule has 2 atom stereocenters. The molecule has 0 saturated carbocycles. The van der Waals surface area contributed by atoms with Gasteiger partial charge in [0.15, 0.2) is 0 Å². The monoisotopic (exact) mass is 593 g/mol. The molecule has 1 aliphatic rings. The fourth-order valence-corrected chi connectivity index (χ4v) is 5.01. The number of nitrogens with one attached hydrogen (secondary N) is 3. The SMILES string of the molecule is Cc1ccc(CNC(=O)CCOCCNC(=O)CCCN2C(=O)CC(SCC(NC(=O)CCO)C(N)=O)C2=O)cc1. The van der Waals surface area contributed by atoms with Gasteiger partial charge in [-0.25, -0.2) is 0 Å². The summed E-state index contributed by atoms with van der Waals surface area (Å²) in [6.45, 7) is 2.89. The van der Waals surface area contributed by atoms with Gasteiger partial charge >= 0.3 is 0 Å². The Kier molecular flexibility index (Phi) is 14.8. The highest BCUT2D eigenvalue weighted by Gasteiger charge is 2.39. The molecule has 1 aromatic carbocycles. The van der Waals surface area contributed by atoms with Crippen LogP contribution in [0.3, 0.4) is 0 Å². The number of hydrogen-bond acceptors (Lipinski definition) is 9. The predicted molar refractivity (Wildman–Crippen MR) is 151 cm³/mol. The Morgan fingerprint density at radius 3 is 2.44 bits per heavy atom. The minimum absolute atomic E-state index is 0.00655. The van der Waals surface area contributed by atoms with E-state index < -0.39 is 29.0 Å². The second-order valence-corrected chi connectivity index (χ2v) is 10.7. The number of thioether (sulfide) groups is 1. The Morgan fingerprint density at radius 1 is 1.05 bits per heavy atom. The van der Waals surface area contributed by atoms with Gasteiger partial charge in [-0.3, -0.25) is 33.7 Å². The highest BCUT2D eigenvalue weighted by Crippen LogP contribution is 2.26. The number of aryl methyl sites for hydroxylation is 1. The molecule has 0 bridgehead atoms. The minimum Gasteiger partial charge on any atom is -0.396 e. The third kappa shape index (κ3) is 12.7. The number of amides is 6. The van der Waals surface area contributed by atoms with Crippen LogP contribution < -0.4 is 21.7 Å². The van der Waals surface area contributed by atoms with Crippen LogP contribution in [0.1, 0.15) is 43.2 Å². The lowest BCUT2D eigenvalue weighted by Crippen LogP contribution is -2.46. The summed E-state index contributed by atoms with van der Waals surface area (Å²) in [5.74, 6) is -2.49. The molecule has 1 fully saturated rings. The molecule has 0 aliphatic carbocycles. The number of nitrogens with two attached hydrogens (primary N) is 1. The first-order chi connectivity index (χ1) is 19.6. The van der Waals surface area contributed by atoms with Crippen molar-refractivity contribution in [3.8, 4) is 0 Å². The molecular formula is C27H39N5O8S. The van der Waals surface area contributed by atoms with Crippen molar-refractivity contribution in [1.29, 1.82) is 0 Å². The minimum atomic E-state index is -1.04. The molecule has 226 valence electrons. The summed E-state index contributed by atoms with van der Waals surface area (Å²) < 4.78 is 5.40. The summed E-state index contributed by atoms with van der Waals surface area (Å²) in [6, 6.07) is 6.85. The van der Waals surface area contributed by atoms with Crippen molar-refractivity contribution in [2.45, 2.75) is 56.9 Å². The molecule has 0 aromatic heterocycles. The summed E-state index contributed by atoms with van der Waals surface area (Å²) in [5.41, 5.74) is 7.47. The molecule has 0 spiro atoms. The summed E-state index contributed by atoms with van der Waals surface area (Å²) in [5, 5.41) is 16.0. The molecule has 2 unspecified atom stereocenters. The standard InChI is InChI=1S/C27H39N5O8S/c1-18-4-6-19(7-5-18)16-30-23(35)9-13-40-14-10-29-22(34)3-2-11-32-25(37)15-21(27(32)39)41-17-20(26(28)38)31-24(36)8-12-33/h4-7,20-21,33H,2-3,8-17H2,1H3,(H2,28,38)(H,29,34)(H,30,35)(H,31,36). The fraction of sp³-hybridized carbons (Fsp3) is 0.556. The van der Waals surface area contributed by atoms with Crippen LogP contribution in [0, 0.1) is 6.92 Å². The summed E-state index contributed by atoms with van der Waals surface area (Å²) in [7, 11) is 0. The predicted octanol–water partition coefficient (Wildman–Crippen LogP) is -0.872. The number of primary amides is 1. The summed E-state index contributed by atoms with van der Waals surface area (Å²) in [6.07, 6.45) is 0.365. The molecule has 13 nitrogen and oxygen atoms in total. The van der Waals surface area contributed by atoms with E-state index in [2.05, 4.69) is 16.0 Å². The van der Waals surface area contributed by atoms with Crippen molar-refractivity contribution >= 4 is 47.2 Å². The lowest BCUT2D eigenvalue weighted by molar-refractivity contribution is -0.138. The highest BCUT2D eigenvalue weighted by atomic mass is 32.2. The molecule has 1 heterocycles. The van der Waals surface area contributed by atoms with Crippen LogP contribution >= 0.6 is 11.8 Å². The number of hydrogen-bond donors (Lipinski definition) is 5.